The molecule has 1 aromatic heterocycles. The zero-order valence-corrected chi connectivity index (χ0v) is 17.7. The van der Waals surface area contributed by atoms with Gasteiger partial charge in [-0.05, 0) is 13.0 Å². The van der Waals surface area contributed by atoms with Crippen molar-refractivity contribution >= 4 is 35.0 Å². The van der Waals surface area contributed by atoms with Crippen LogP contribution in [0, 0.1) is 0 Å². The first-order valence-electron chi connectivity index (χ1n) is 9.59. The minimum Gasteiger partial charge on any atom is -0.462 e. The summed E-state index contributed by atoms with van der Waals surface area (Å²) < 4.78 is 62.6. The molecule has 32 heavy (non-hydrogen) atoms. The maximum absolute atomic E-state index is 13.1. The topological polar surface area (TPSA) is 88.6 Å². The minimum absolute atomic E-state index is 0.0429. The Morgan fingerprint density at radius 2 is 2.03 bits per heavy atom. The first kappa shape index (κ1) is 23.8. The highest BCUT2D eigenvalue weighted by Gasteiger charge is 2.35. The van der Waals surface area contributed by atoms with Gasteiger partial charge < -0.3 is 25.0 Å². The molecule has 2 heterocycles. The maximum atomic E-state index is 13.1. The normalized spacial score (nSPS) is 14.2. The van der Waals surface area contributed by atoms with Crippen LogP contribution in [0.5, 0.6) is 5.75 Å². The number of benzene rings is 1. The third-order valence-electron chi connectivity index (χ3n) is 4.49. The largest absolute Gasteiger partial charge is 0.462 e. The lowest BCUT2D eigenvalue weighted by atomic mass is 10.1. The highest BCUT2D eigenvalue weighted by molar-refractivity contribution is 6.33. The van der Waals surface area contributed by atoms with Gasteiger partial charge in [0.05, 0.1) is 29.5 Å². The summed E-state index contributed by atoms with van der Waals surface area (Å²) in [6.07, 6.45) is -4.01. The van der Waals surface area contributed by atoms with E-state index in [9.17, 15) is 22.4 Å². The maximum Gasteiger partial charge on any atom is 0.421 e. The molecule has 0 saturated carbocycles. The van der Waals surface area contributed by atoms with Crippen molar-refractivity contribution in [3.63, 3.8) is 0 Å². The predicted molar refractivity (Wildman–Crippen MR) is 109 cm³/mol. The quantitative estimate of drug-likeness (QED) is 0.580. The van der Waals surface area contributed by atoms with E-state index in [0.29, 0.717) is 32.5 Å². The number of ether oxygens (including phenoxy) is 2. The number of alkyl halides is 4. The fraction of sp³-hybridized carbons (Fsp3) is 0.421. The van der Waals surface area contributed by atoms with Gasteiger partial charge in [0.1, 0.15) is 17.1 Å². The highest BCUT2D eigenvalue weighted by Crippen LogP contribution is 2.36. The Morgan fingerprint density at radius 3 is 2.66 bits per heavy atom. The number of anilines is 3. The van der Waals surface area contributed by atoms with Gasteiger partial charge in [-0.1, -0.05) is 11.6 Å². The summed E-state index contributed by atoms with van der Waals surface area (Å²) >= 11 is 6.28. The number of halogens is 5. The molecule has 1 saturated heterocycles. The van der Waals surface area contributed by atoms with Crippen molar-refractivity contribution in [2.45, 2.75) is 13.1 Å². The van der Waals surface area contributed by atoms with Crippen LogP contribution in [-0.2, 0) is 10.9 Å². The van der Waals surface area contributed by atoms with Gasteiger partial charge in [-0.25, -0.2) is 9.37 Å². The number of amides is 1. The lowest BCUT2D eigenvalue weighted by molar-refractivity contribution is -0.137. The number of aromatic nitrogens is 2. The van der Waals surface area contributed by atoms with Crippen molar-refractivity contribution < 1.29 is 31.8 Å². The van der Waals surface area contributed by atoms with Crippen LogP contribution in [0.15, 0.2) is 18.3 Å². The summed E-state index contributed by atoms with van der Waals surface area (Å²) in [5.74, 6) is -1.10. The Morgan fingerprint density at radius 1 is 1.31 bits per heavy atom. The molecule has 1 aliphatic heterocycles. The SMILES string of the molecule is CCNc1nc(Nc2cc(OCF)c(C(=O)N3CCOCC3)cc2Cl)ncc1C(F)(F)F. The van der Waals surface area contributed by atoms with Crippen LogP contribution in [0.1, 0.15) is 22.8 Å². The van der Waals surface area contributed by atoms with E-state index in [1.165, 1.54) is 17.0 Å². The molecule has 8 nitrogen and oxygen atoms in total. The van der Waals surface area contributed by atoms with E-state index in [4.69, 9.17) is 21.1 Å². The van der Waals surface area contributed by atoms with Crippen molar-refractivity contribution in [3.8, 4) is 5.75 Å². The molecule has 2 N–H and O–H groups in total. The Hall–Kier alpha value is -2.86. The van der Waals surface area contributed by atoms with Gasteiger partial charge in [-0.2, -0.15) is 18.2 Å². The van der Waals surface area contributed by atoms with E-state index in [1.807, 2.05) is 0 Å². The molecule has 1 aromatic carbocycles. The number of rotatable bonds is 7. The molecule has 0 bridgehead atoms. The Bertz CT molecular complexity index is 971. The summed E-state index contributed by atoms with van der Waals surface area (Å²) in [6.45, 7) is 2.09. The second kappa shape index (κ2) is 10.2. The molecule has 1 aliphatic rings. The number of nitrogens with zero attached hydrogens (tertiary/aromatic N) is 3. The number of morpholine rings is 1. The molecular formula is C19H20ClF4N5O3. The average Bonchev–Trinajstić information content (AvgIpc) is 2.76. The molecule has 0 atom stereocenters. The van der Waals surface area contributed by atoms with Crippen LogP contribution in [-0.4, -0.2) is 60.5 Å². The molecule has 0 unspecified atom stereocenters. The second-order valence-electron chi connectivity index (χ2n) is 6.60. The molecule has 0 aliphatic carbocycles. The van der Waals surface area contributed by atoms with E-state index in [1.54, 1.807) is 6.92 Å². The molecule has 0 radical (unpaired) electrons. The number of carbonyl (C=O) groups excluding carboxylic acids is 1. The van der Waals surface area contributed by atoms with Crippen LogP contribution in [0.25, 0.3) is 0 Å². The van der Waals surface area contributed by atoms with Gasteiger partial charge in [0.2, 0.25) is 12.8 Å². The van der Waals surface area contributed by atoms with Gasteiger partial charge in [0, 0.05) is 31.9 Å². The molecule has 2 aromatic rings. The predicted octanol–water partition coefficient (Wildman–Crippen LogP) is 4.10. The monoisotopic (exact) mass is 477 g/mol. The summed E-state index contributed by atoms with van der Waals surface area (Å²) in [4.78, 5) is 21.9. The summed E-state index contributed by atoms with van der Waals surface area (Å²) in [6, 6.07) is 2.56. The van der Waals surface area contributed by atoms with E-state index in [-0.39, 0.29) is 34.5 Å². The summed E-state index contributed by atoms with van der Waals surface area (Å²) in [7, 11) is 0. The Balaban J connectivity index is 1.92. The first-order valence-corrected chi connectivity index (χ1v) is 9.96. The lowest BCUT2D eigenvalue weighted by Crippen LogP contribution is -2.40. The van der Waals surface area contributed by atoms with E-state index >= 15 is 0 Å². The third-order valence-corrected chi connectivity index (χ3v) is 4.81. The number of carbonyl (C=O) groups is 1. The van der Waals surface area contributed by atoms with Crippen LogP contribution >= 0.6 is 11.6 Å². The molecule has 174 valence electrons. The summed E-state index contributed by atoms with van der Waals surface area (Å²) in [5, 5.41) is 5.26. The smallest absolute Gasteiger partial charge is 0.421 e. The van der Waals surface area contributed by atoms with E-state index in [0.717, 1.165) is 0 Å². The third kappa shape index (κ3) is 5.49. The Kier molecular flexibility index (Phi) is 7.56. The van der Waals surface area contributed by atoms with Gasteiger partial charge in [0.25, 0.3) is 5.91 Å². The molecule has 1 fully saturated rings. The van der Waals surface area contributed by atoms with Crippen LogP contribution < -0.4 is 15.4 Å². The van der Waals surface area contributed by atoms with Crippen molar-refractivity contribution in [1.82, 2.24) is 14.9 Å². The Labute approximate surface area is 185 Å². The van der Waals surface area contributed by atoms with Crippen LogP contribution in [0.3, 0.4) is 0 Å². The van der Waals surface area contributed by atoms with E-state index < -0.39 is 30.3 Å². The fourth-order valence-corrected chi connectivity index (χ4v) is 3.21. The molecular weight excluding hydrogens is 458 g/mol. The van der Waals surface area contributed by atoms with Crippen molar-refractivity contribution in [1.29, 1.82) is 0 Å². The van der Waals surface area contributed by atoms with Crippen LogP contribution in [0.2, 0.25) is 5.02 Å². The van der Waals surface area contributed by atoms with Gasteiger partial charge in [0.15, 0.2) is 0 Å². The van der Waals surface area contributed by atoms with Gasteiger partial charge >= 0.3 is 6.18 Å². The van der Waals surface area contributed by atoms with Crippen LogP contribution in [0.4, 0.5) is 35.0 Å². The second-order valence-corrected chi connectivity index (χ2v) is 7.00. The number of hydrogen-bond donors (Lipinski definition) is 2. The van der Waals surface area contributed by atoms with Gasteiger partial charge in [-0.15, -0.1) is 0 Å². The number of hydrogen-bond acceptors (Lipinski definition) is 7. The molecule has 13 heteroatoms. The fourth-order valence-electron chi connectivity index (χ4n) is 3.00. The van der Waals surface area contributed by atoms with Crippen molar-refractivity contribution in [2.24, 2.45) is 0 Å². The minimum atomic E-state index is -4.64. The standard InChI is InChI=1S/C19H20ClF4N5O3/c1-2-25-16-12(19(22,23)24)9-26-18(28-16)27-14-8-15(32-10-21)11(7-13(14)20)17(30)29-3-5-31-6-4-29/h7-9H,2-6,10H2,1H3,(H2,25,26,27,28). The van der Waals surface area contributed by atoms with Crippen molar-refractivity contribution in [3.05, 3.63) is 34.5 Å². The molecule has 0 spiro atoms. The highest BCUT2D eigenvalue weighted by atomic mass is 35.5. The summed E-state index contributed by atoms with van der Waals surface area (Å²) in [5.41, 5.74) is -0.860. The van der Waals surface area contributed by atoms with Gasteiger partial charge in [-0.3, -0.25) is 4.79 Å². The van der Waals surface area contributed by atoms with E-state index in [2.05, 4.69) is 20.6 Å². The lowest BCUT2D eigenvalue weighted by Gasteiger charge is -2.27. The molecule has 1 amide bonds. The zero-order valence-electron chi connectivity index (χ0n) is 16.9. The zero-order chi connectivity index (χ0) is 23.3. The average molecular weight is 478 g/mol. The first-order chi connectivity index (χ1) is 15.2. The van der Waals surface area contributed by atoms with Crippen molar-refractivity contribution in [2.75, 3.05) is 50.3 Å². The number of nitrogens with one attached hydrogen (secondary N) is 2. The molecule has 3 rings (SSSR count).